The van der Waals surface area contributed by atoms with Crippen molar-refractivity contribution in [3.05, 3.63) is 0 Å². The van der Waals surface area contributed by atoms with Gasteiger partial charge in [0.25, 0.3) is 0 Å². The Morgan fingerprint density at radius 1 is 1.16 bits per heavy atom. The van der Waals surface area contributed by atoms with E-state index in [2.05, 4.69) is 17.6 Å². The summed E-state index contributed by atoms with van der Waals surface area (Å²) in [7, 11) is 1.69. The SMILES string of the molecule is COCCNCCNC(=O)CC1CCC(C)CC1.Cl. The van der Waals surface area contributed by atoms with Gasteiger partial charge in [-0.3, -0.25) is 4.79 Å². The molecule has 2 N–H and O–H groups in total. The van der Waals surface area contributed by atoms with Gasteiger partial charge in [-0.25, -0.2) is 0 Å². The molecule has 114 valence electrons. The van der Waals surface area contributed by atoms with Crippen molar-refractivity contribution in [2.24, 2.45) is 11.8 Å². The summed E-state index contributed by atoms with van der Waals surface area (Å²) in [4.78, 5) is 11.7. The number of rotatable bonds is 8. The number of carbonyl (C=O) groups is 1. The maximum atomic E-state index is 11.7. The van der Waals surface area contributed by atoms with E-state index >= 15 is 0 Å². The van der Waals surface area contributed by atoms with E-state index < -0.39 is 0 Å². The summed E-state index contributed by atoms with van der Waals surface area (Å²) >= 11 is 0. The minimum Gasteiger partial charge on any atom is -0.383 e. The van der Waals surface area contributed by atoms with Crippen LogP contribution in [0.1, 0.15) is 39.0 Å². The van der Waals surface area contributed by atoms with E-state index in [1.165, 1.54) is 25.7 Å². The fourth-order valence-electron chi connectivity index (χ4n) is 2.46. The number of amides is 1. The topological polar surface area (TPSA) is 50.4 Å². The molecule has 19 heavy (non-hydrogen) atoms. The molecule has 0 bridgehead atoms. The zero-order valence-corrected chi connectivity index (χ0v) is 13.1. The summed E-state index contributed by atoms with van der Waals surface area (Å²) in [6.07, 6.45) is 5.74. The monoisotopic (exact) mass is 292 g/mol. The van der Waals surface area contributed by atoms with Gasteiger partial charge in [0.15, 0.2) is 0 Å². The largest absolute Gasteiger partial charge is 0.383 e. The van der Waals surface area contributed by atoms with E-state index in [9.17, 15) is 4.79 Å². The summed E-state index contributed by atoms with van der Waals surface area (Å²) in [6.45, 7) is 5.39. The van der Waals surface area contributed by atoms with E-state index in [1.807, 2.05) is 0 Å². The number of ether oxygens (including phenoxy) is 1. The highest BCUT2D eigenvalue weighted by atomic mass is 35.5. The highest BCUT2D eigenvalue weighted by Crippen LogP contribution is 2.30. The van der Waals surface area contributed by atoms with Crippen molar-refractivity contribution in [2.75, 3.05) is 33.4 Å². The second-order valence-corrected chi connectivity index (χ2v) is 5.42. The molecule has 0 radical (unpaired) electrons. The summed E-state index contributed by atoms with van der Waals surface area (Å²) in [5, 5.41) is 6.19. The Kier molecular flexibility index (Phi) is 11.3. The van der Waals surface area contributed by atoms with E-state index in [0.29, 0.717) is 25.5 Å². The first-order valence-corrected chi connectivity index (χ1v) is 7.18. The van der Waals surface area contributed by atoms with Crippen LogP contribution in [-0.2, 0) is 9.53 Å². The fourth-order valence-corrected chi connectivity index (χ4v) is 2.46. The third kappa shape index (κ3) is 9.25. The van der Waals surface area contributed by atoms with Gasteiger partial charge in [0.05, 0.1) is 6.61 Å². The number of nitrogens with one attached hydrogen (secondary N) is 2. The van der Waals surface area contributed by atoms with Gasteiger partial charge in [-0.05, 0) is 24.7 Å². The minimum atomic E-state index is 0. The zero-order chi connectivity index (χ0) is 13.2. The Balaban J connectivity index is 0.00000324. The molecule has 0 aliphatic heterocycles. The molecule has 0 aromatic rings. The number of methoxy groups -OCH3 is 1. The van der Waals surface area contributed by atoms with Crippen molar-refractivity contribution < 1.29 is 9.53 Å². The molecule has 1 aliphatic rings. The molecule has 0 spiro atoms. The maximum absolute atomic E-state index is 11.7. The van der Waals surface area contributed by atoms with Gasteiger partial charge < -0.3 is 15.4 Å². The summed E-state index contributed by atoms with van der Waals surface area (Å²) in [6, 6.07) is 0. The molecule has 1 rings (SSSR count). The van der Waals surface area contributed by atoms with Gasteiger partial charge in [0.2, 0.25) is 5.91 Å². The van der Waals surface area contributed by atoms with Crippen molar-refractivity contribution in [1.29, 1.82) is 0 Å². The van der Waals surface area contributed by atoms with Gasteiger partial charge in [-0.2, -0.15) is 0 Å². The highest BCUT2D eigenvalue weighted by Gasteiger charge is 2.20. The van der Waals surface area contributed by atoms with Crippen LogP contribution >= 0.6 is 12.4 Å². The number of halogens is 1. The van der Waals surface area contributed by atoms with Gasteiger partial charge in [0.1, 0.15) is 0 Å². The molecule has 0 atom stereocenters. The summed E-state index contributed by atoms with van der Waals surface area (Å²) in [5.74, 6) is 1.68. The maximum Gasteiger partial charge on any atom is 0.220 e. The molecule has 1 aliphatic carbocycles. The molecular formula is C14H29ClN2O2. The Morgan fingerprint density at radius 3 is 2.47 bits per heavy atom. The number of hydrogen-bond acceptors (Lipinski definition) is 3. The highest BCUT2D eigenvalue weighted by molar-refractivity contribution is 5.85. The van der Waals surface area contributed by atoms with Crippen LogP contribution in [0.2, 0.25) is 0 Å². The quantitative estimate of drug-likeness (QED) is 0.673. The Bertz CT molecular complexity index is 231. The van der Waals surface area contributed by atoms with Gasteiger partial charge in [0, 0.05) is 33.2 Å². The lowest BCUT2D eigenvalue weighted by Gasteiger charge is -2.25. The van der Waals surface area contributed by atoms with Crippen LogP contribution in [0.4, 0.5) is 0 Å². The van der Waals surface area contributed by atoms with Crippen LogP contribution in [0.5, 0.6) is 0 Å². The Morgan fingerprint density at radius 2 is 1.84 bits per heavy atom. The van der Waals surface area contributed by atoms with Crippen LogP contribution in [-0.4, -0.2) is 39.3 Å². The molecular weight excluding hydrogens is 264 g/mol. The first-order valence-electron chi connectivity index (χ1n) is 7.18. The lowest BCUT2D eigenvalue weighted by atomic mass is 9.81. The van der Waals surface area contributed by atoms with E-state index in [0.717, 1.165) is 19.0 Å². The normalized spacial score (nSPS) is 22.6. The lowest BCUT2D eigenvalue weighted by Crippen LogP contribution is -2.34. The van der Waals surface area contributed by atoms with Crippen molar-refractivity contribution in [3.8, 4) is 0 Å². The molecule has 4 nitrogen and oxygen atoms in total. The number of carbonyl (C=O) groups excluding carboxylic acids is 1. The van der Waals surface area contributed by atoms with Crippen LogP contribution in [0.25, 0.3) is 0 Å². The molecule has 1 fully saturated rings. The van der Waals surface area contributed by atoms with Gasteiger partial charge in [-0.15, -0.1) is 12.4 Å². The van der Waals surface area contributed by atoms with E-state index in [4.69, 9.17) is 4.74 Å². The van der Waals surface area contributed by atoms with Crippen LogP contribution in [0.3, 0.4) is 0 Å². The molecule has 0 aromatic carbocycles. The van der Waals surface area contributed by atoms with Crippen molar-refractivity contribution in [1.82, 2.24) is 10.6 Å². The minimum absolute atomic E-state index is 0. The molecule has 1 saturated carbocycles. The lowest BCUT2D eigenvalue weighted by molar-refractivity contribution is -0.122. The molecule has 0 aromatic heterocycles. The van der Waals surface area contributed by atoms with Gasteiger partial charge >= 0.3 is 0 Å². The van der Waals surface area contributed by atoms with Crippen molar-refractivity contribution >= 4 is 18.3 Å². The van der Waals surface area contributed by atoms with Crippen molar-refractivity contribution in [2.45, 2.75) is 39.0 Å². The molecule has 0 saturated heterocycles. The third-order valence-corrected chi connectivity index (χ3v) is 3.72. The number of hydrogen-bond donors (Lipinski definition) is 2. The summed E-state index contributed by atoms with van der Waals surface area (Å²) in [5.41, 5.74) is 0. The Labute approximate surface area is 123 Å². The molecule has 0 heterocycles. The van der Waals surface area contributed by atoms with E-state index in [-0.39, 0.29) is 18.3 Å². The molecule has 5 heteroatoms. The smallest absolute Gasteiger partial charge is 0.220 e. The van der Waals surface area contributed by atoms with Crippen molar-refractivity contribution in [3.63, 3.8) is 0 Å². The zero-order valence-electron chi connectivity index (χ0n) is 12.2. The predicted molar refractivity (Wildman–Crippen MR) is 80.7 cm³/mol. The van der Waals surface area contributed by atoms with Crippen LogP contribution in [0, 0.1) is 11.8 Å². The second-order valence-electron chi connectivity index (χ2n) is 5.42. The molecule has 1 amide bonds. The van der Waals surface area contributed by atoms with Crippen LogP contribution < -0.4 is 10.6 Å². The second kappa shape index (κ2) is 11.5. The fraction of sp³-hybridized carbons (Fsp3) is 0.929. The van der Waals surface area contributed by atoms with E-state index in [1.54, 1.807) is 7.11 Å². The van der Waals surface area contributed by atoms with Gasteiger partial charge in [-0.1, -0.05) is 19.8 Å². The summed E-state index contributed by atoms with van der Waals surface area (Å²) < 4.78 is 4.93. The third-order valence-electron chi connectivity index (χ3n) is 3.72. The van der Waals surface area contributed by atoms with Crippen LogP contribution in [0.15, 0.2) is 0 Å². The first-order chi connectivity index (χ1) is 8.72. The standard InChI is InChI=1S/C14H28N2O2.ClH/c1-12-3-5-13(6-4-12)11-14(17)16-8-7-15-9-10-18-2;/h12-13,15H,3-11H2,1-2H3,(H,16,17);1H. The first kappa shape index (κ1) is 18.7. The Hall–Kier alpha value is -0.320. The molecule has 0 unspecified atom stereocenters. The average molecular weight is 293 g/mol. The average Bonchev–Trinajstić information content (AvgIpc) is 2.36. The predicted octanol–water partition coefficient (Wildman–Crippen LogP) is 1.98.